The first kappa shape index (κ1) is 14.4. The maximum absolute atomic E-state index is 3.68. The van der Waals surface area contributed by atoms with Crippen LogP contribution in [0.15, 0.2) is 0 Å². The smallest absolute Gasteiger partial charge is 0.105 e. The maximum Gasteiger partial charge on any atom is 0.105 e. The molecule has 1 unspecified atom stereocenters. The molecule has 14 heavy (non-hydrogen) atoms. The molecule has 0 rings (SSSR count). The Hall–Kier alpha value is 0.354. The molecule has 0 radical (unpaired) electrons. The third-order valence-electron chi connectivity index (χ3n) is 2.23. The molecule has 0 fully saturated rings. The summed E-state index contributed by atoms with van der Waals surface area (Å²) >= 11 is 0. The Kier molecular flexibility index (Phi) is 8.86. The van der Waals surface area contributed by atoms with E-state index in [1.54, 1.807) is 0 Å². The second-order valence-corrected chi connectivity index (χ2v) is 9.16. The Labute approximate surface area is 93.8 Å². The van der Waals surface area contributed by atoms with Gasteiger partial charge in [-0.15, -0.1) is 0 Å². The van der Waals surface area contributed by atoms with Crippen molar-refractivity contribution in [2.45, 2.75) is 64.8 Å². The van der Waals surface area contributed by atoms with Crippen molar-refractivity contribution in [3.05, 3.63) is 0 Å². The molecule has 1 atom stereocenters. The lowest BCUT2D eigenvalue weighted by molar-refractivity contribution is 0.735. The highest BCUT2D eigenvalue weighted by Gasteiger charge is 2.04. The number of rotatable bonds is 8. The quantitative estimate of drug-likeness (QED) is 0.486. The average molecular weight is 233 g/mol. The van der Waals surface area contributed by atoms with Crippen LogP contribution in [0, 0.1) is 0 Å². The SMILES string of the molecule is CC(C)N[SiH2]CCC[SiH](C)NC(C)C. The zero-order chi connectivity index (χ0) is 11.0. The molecule has 0 amide bonds. The van der Waals surface area contributed by atoms with Crippen LogP contribution in [-0.4, -0.2) is 30.7 Å². The lowest BCUT2D eigenvalue weighted by atomic mass is 10.4. The molecule has 0 spiro atoms. The Bertz CT molecular complexity index is 129. The molecule has 0 bridgehead atoms. The molecular weight excluding hydrogens is 204 g/mol. The van der Waals surface area contributed by atoms with Crippen molar-refractivity contribution in [2.24, 2.45) is 0 Å². The third kappa shape index (κ3) is 10.4. The van der Waals surface area contributed by atoms with Crippen molar-refractivity contribution in [2.75, 3.05) is 0 Å². The van der Waals surface area contributed by atoms with Crippen molar-refractivity contribution in [1.29, 1.82) is 0 Å². The molecule has 0 aromatic rings. The van der Waals surface area contributed by atoms with Crippen LogP contribution in [0.25, 0.3) is 0 Å². The molecule has 2 nitrogen and oxygen atoms in total. The van der Waals surface area contributed by atoms with Crippen molar-refractivity contribution < 1.29 is 0 Å². The predicted molar refractivity (Wildman–Crippen MR) is 72.3 cm³/mol. The Balaban J connectivity index is 3.19. The number of hydrogen-bond acceptors (Lipinski definition) is 2. The summed E-state index contributed by atoms with van der Waals surface area (Å²) in [5, 5.41) is 0. The summed E-state index contributed by atoms with van der Waals surface area (Å²) in [6.45, 7) is 11.4. The van der Waals surface area contributed by atoms with Gasteiger partial charge in [-0.2, -0.15) is 0 Å². The van der Waals surface area contributed by atoms with Gasteiger partial charge in [-0.05, 0) is 18.1 Å². The normalized spacial score (nSPS) is 14.8. The average Bonchev–Trinajstić information content (AvgIpc) is 2.01. The Morgan fingerprint density at radius 2 is 1.79 bits per heavy atom. The van der Waals surface area contributed by atoms with E-state index in [2.05, 4.69) is 44.2 Å². The van der Waals surface area contributed by atoms with E-state index in [-0.39, 0.29) is 9.68 Å². The van der Waals surface area contributed by atoms with Crippen molar-refractivity contribution >= 4 is 18.6 Å². The highest BCUT2D eigenvalue weighted by Crippen LogP contribution is 2.00. The minimum absolute atomic E-state index is 0.0383. The molecule has 2 N–H and O–H groups in total. The molecule has 0 heterocycles. The molecule has 0 aromatic carbocycles. The van der Waals surface area contributed by atoms with Gasteiger partial charge >= 0.3 is 0 Å². The van der Waals surface area contributed by atoms with Gasteiger partial charge in [-0.3, -0.25) is 0 Å². The van der Waals surface area contributed by atoms with Crippen LogP contribution in [0.1, 0.15) is 34.1 Å². The largest absolute Gasteiger partial charge is 0.340 e. The van der Waals surface area contributed by atoms with Gasteiger partial charge < -0.3 is 9.96 Å². The summed E-state index contributed by atoms with van der Waals surface area (Å²) in [6, 6.07) is 4.31. The van der Waals surface area contributed by atoms with Crippen LogP contribution < -0.4 is 9.96 Å². The first-order valence-corrected chi connectivity index (χ1v) is 10.3. The van der Waals surface area contributed by atoms with Gasteiger partial charge in [0.1, 0.15) is 8.96 Å². The minimum atomic E-state index is -0.583. The topological polar surface area (TPSA) is 24.1 Å². The maximum atomic E-state index is 3.68. The minimum Gasteiger partial charge on any atom is -0.340 e. The van der Waals surface area contributed by atoms with Crippen LogP contribution in [-0.2, 0) is 0 Å². The van der Waals surface area contributed by atoms with Gasteiger partial charge in [0.2, 0.25) is 0 Å². The Morgan fingerprint density at radius 3 is 2.29 bits per heavy atom. The van der Waals surface area contributed by atoms with Gasteiger partial charge in [0.05, 0.1) is 9.68 Å². The van der Waals surface area contributed by atoms with Crippen molar-refractivity contribution in [1.82, 2.24) is 9.96 Å². The lowest BCUT2D eigenvalue weighted by Crippen LogP contribution is -2.36. The van der Waals surface area contributed by atoms with Gasteiger partial charge in [0.15, 0.2) is 0 Å². The van der Waals surface area contributed by atoms with E-state index in [9.17, 15) is 0 Å². The van der Waals surface area contributed by atoms with E-state index in [4.69, 9.17) is 0 Å². The molecule has 0 aliphatic rings. The summed E-state index contributed by atoms with van der Waals surface area (Å²) in [5.41, 5.74) is 0. The summed E-state index contributed by atoms with van der Waals surface area (Å²) in [4.78, 5) is 7.27. The zero-order valence-corrected chi connectivity index (χ0v) is 13.1. The molecule has 0 aliphatic carbocycles. The second-order valence-electron chi connectivity index (χ2n) is 4.83. The summed E-state index contributed by atoms with van der Waals surface area (Å²) in [7, 11) is -0.545. The van der Waals surface area contributed by atoms with Crippen LogP contribution >= 0.6 is 0 Å². The first-order chi connectivity index (χ1) is 6.52. The summed E-state index contributed by atoms with van der Waals surface area (Å²) in [5.74, 6) is 0. The predicted octanol–water partition coefficient (Wildman–Crippen LogP) is 1.23. The van der Waals surface area contributed by atoms with Gasteiger partial charge in [-0.1, -0.05) is 46.7 Å². The molecule has 0 aliphatic heterocycles. The standard InChI is InChI=1S/C10H28N2Si2/c1-9(2)11-13-7-6-8-14(5)12-10(3)4/h9-12,14H,6-8,13H2,1-5H3. The highest BCUT2D eigenvalue weighted by molar-refractivity contribution is 6.54. The Morgan fingerprint density at radius 1 is 1.14 bits per heavy atom. The van der Waals surface area contributed by atoms with E-state index < -0.39 is 8.96 Å². The summed E-state index contributed by atoms with van der Waals surface area (Å²) in [6.07, 6.45) is 1.44. The van der Waals surface area contributed by atoms with E-state index in [1.165, 1.54) is 18.5 Å². The van der Waals surface area contributed by atoms with E-state index >= 15 is 0 Å². The highest BCUT2D eigenvalue weighted by atomic mass is 28.3. The van der Waals surface area contributed by atoms with Crippen molar-refractivity contribution in [3.63, 3.8) is 0 Å². The first-order valence-electron chi connectivity index (χ1n) is 6.01. The molecular formula is C10H28N2Si2. The molecule has 0 aromatic heterocycles. The molecule has 4 heteroatoms. The van der Waals surface area contributed by atoms with Crippen LogP contribution in [0.2, 0.25) is 18.6 Å². The van der Waals surface area contributed by atoms with Crippen LogP contribution in [0.5, 0.6) is 0 Å². The monoisotopic (exact) mass is 232 g/mol. The molecule has 0 saturated heterocycles. The summed E-state index contributed by atoms with van der Waals surface area (Å²) < 4.78 is 0. The van der Waals surface area contributed by atoms with Gasteiger partial charge in [0.25, 0.3) is 0 Å². The fourth-order valence-corrected chi connectivity index (χ4v) is 5.72. The fraction of sp³-hybridized carbons (Fsp3) is 1.00. The third-order valence-corrected chi connectivity index (χ3v) is 6.70. The van der Waals surface area contributed by atoms with Gasteiger partial charge in [0, 0.05) is 0 Å². The van der Waals surface area contributed by atoms with Crippen LogP contribution in [0.3, 0.4) is 0 Å². The van der Waals surface area contributed by atoms with Gasteiger partial charge in [-0.25, -0.2) is 0 Å². The van der Waals surface area contributed by atoms with E-state index in [0.717, 1.165) is 0 Å². The van der Waals surface area contributed by atoms with Crippen LogP contribution in [0.4, 0.5) is 0 Å². The number of nitrogens with one attached hydrogen (secondary N) is 2. The fourth-order valence-electron chi connectivity index (χ4n) is 1.62. The van der Waals surface area contributed by atoms with E-state index in [1.807, 2.05) is 0 Å². The van der Waals surface area contributed by atoms with E-state index in [0.29, 0.717) is 12.1 Å². The zero-order valence-electron chi connectivity index (χ0n) is 10.6. The number of hydrogen-bond donors (Lipinski definition) is 2. The molecule has 0 saturated carbocycles. The molecule has 86 valence electrons. The van der Waals surface area contributed by atoms with Crippen molar-refractivity contribution in [3.8, 4) is 0 Å². The second kappa shape index (κ2) is 8.65. The lowest BCUT2D eigenvalue weighted by Gasteiger charge is -2.15.